The SMILES string of the molecule is NC(=O)C(Cc1ccccc1)NC(=O)CC1c2ccccc2CCc2ccccc21. The number of benzene rings is 3. The van der Waals surface area contributed by atoms with Gasteiger partial charge in [-0.05, 0) is 40.7 Å². The summed E-state index contributed by atoms with van der Waals surface area (Å²) >= 11 is 0. The molecule has 3 aromatic rings. The molecule has 0 radical (unpaired) electrons. The predicted molar refractivity (Wildman–Crippen MR) is 118 cm³/mol. The number of hydrogen-bond acceptors (Lipinski definition) is 2. The molecule has 3 aromatic carbocycles. The molecule has 0 saturated heterocycles. The van der Waals surface area contributed by atoms with E-state index in [9.17, 15) is 9.59 Å². The average molecular weight is 399 g/mol. The lowest BCUT2D eigenvalue weighted by molar-refractivity contribution is -0.127. The van der Waals surface area contributed by atoms with E-state index < -0.39 is 11.9 Å². The zero-order valence-corrected chi connectivity index (χ0v) is 16.9. The van der Waals surface area contributed by atoms with Gasteiger partial charge in [0.25, 0.3) is 0 Å². The van der Waals surface area contributed by atoms with Crippen molar-refractivity contribution in [2.45, 2.75) is 37.6 Å². The van der Waals surface area contributed by atoms with Gasteiger partial charge in [0, 0.05) is 18.8 Å². The Kier molecular flexibility index (Phi) is 5.94. The van der Waals surface area contributed by atoms with Crippen molar-refractivity contribution in [3.05, 3.63) is 107 Å². The van der Waals surface area contributed by atoms with Crippen molar-refractivity contribution < 1.29 is 9.59 Å². The third-order valence-corrected chi connectivity index (χ3v) is 5.88. The highest BCUT2D eigenvalue weighted by Crippen LogP contribution is 2.36. The highest BCUT2D eigenvalue weighted by atomic mass is 16.2. The molecule has 0 spiro atoms. The molecule has 3 N–H and O–H groups in total. The van der Waals surface area contributed by atoms with Gasteiger partial charge >= 0.3 is 0 Å². The minimum atomic E-state index is -0.726. The number of carbonyl (C=O) groups is 2. The first kappa shape index (κ1) is 19.9. The number of primary amides is 1. The summed E-state index contributed by atoms with van der Waals surface area (Å²) < 4.78 is 0. The molecular weight excluding hydrogens is 372 g/mol. The van der Waals surface area contributed by atoms with Gasteiger partial charge in [0.15, 0.2) is 0 Å². The monoisotopic (exact) mass is 398 g/mol. The molecule has 0 heterocycles. The van der Waals surface area contributed by atoms with Crippen LogP contribution in [-0.2, 0) is 28.9 Å². The van der Waals surface area contributed by atoms with E-state index in [0.717, 1.165) is 18.4 Å². The first-order valence-electron chi connectivity index (χ1n) is 10.4. The molecule has 0 aromatic heterocycles. The lowest BCUT2D eigenvalue weighted by Gasteiger charge is -2.22. The molecule has 152 valence electrons. The molecule has 1 aliphatic carbocycles. The maximum atomic E-state index is 13.0. The van der Waals surface area contributed by atoms with Crippen LogP contribution in [0, 0.1) is 0 Å². The van der Waals surface area contributed by atoms with Crippen molar-refractivity contribution in [2.75, 3.05) is 0 Å². The second-order valence-corrected chi connectivity index (χ2v) is 7.87. The first-order valence-corrected chi connectivity index (χ1v) is 10.4. The first-order chi connectivity index (χ1) is 14.6. The maximum Gasteiger partial charge on any atom is 0.240 e. The van der Waals surface area contributed by atoms with E-state index in [4.69, 9.17) is 5.73 Å². The highest BCUT2D eigenvalue weighted by molar-refractivity contribution is 5.87. The molecule has 0 saturated carbocycles. The Morgan fingerprint density at radius 1 is 0.833 bits per heavy atom. The number of carbonyl (C=O) groups excluding carboxylic acids is 2. The fraction of sp³-hybridized carbons (Fsp3) is 0.231. The predicted octanol–water partition coefficient (Wildman–Crippen LogP) is 3.52. The van der Waals surface area contributed by atoms with Crippen LogP contribution in [0.1, 0.15) is 40.2 Å². The summed E-state index contributed by atoms with van der Waals surface area (Å²) in [6.45, 7) is 0. The van der Waals surface area contributed by atoms with E-state index in [0.29, 0.717) is 6.42 Å². The summed E-state index contributed by atoms with van der Waals surface area (Å²) in [4.78, 5) is 25.0. The smallest absolute Gasteiger partial charge is 0.240 e. The summed E-state index contributed by atoms with van der Waals surface area (Å²) in [6, 6.07) is 25.6. The Labute approximate surface area is 177 Å². The summed E-state index contributed by atoms with van der Waals surface area (Å²) in [5.41, 5.74) is 11.5. The number of amides is 2. The molecule has 1 atom stereocenters. The van der Waals surface area contributed by atoms with E-state index >= 15 is 0 Å². The Morgan fingerprint density at radius 3 is 1.93 bits per heavy atom. The Hall–Kier alpha value is -3.40. The highest BCUT2D eigenvalue weighted by Gasteiger charge is 2.27. The molecule has 1 unspecified atom stereocenters. The second kappa shape index (κ2) is 8.95. The Morgan fingerprint density at radius 2 is 1.37 bits per heavy atom. The van der Waals surface area contributed by atoms with Gasteiger partial charge in [-0.25, -0.2) is 0 Å². The Balaban J connectivity index is 1.57. The van der Waals surface area contributed by atoms with Crippen LogP contribution in [0.4, 0.5) is 0 Å². The van der Waals surface area contributed by atoms with E-state index in [-0.39, 0.29) is 18.2 Å². The van der Waals surface area contributed by atoms with Crippen molar-refractivity contribution in [3.63, 3.8) is 0 Å². The van der Waals surface area contributed by atoms with Crippen molar-refractivity contribution in [2.24, 2.45) is 5.73 Å². The van der Waals surface area contributed by atoms with Crippen LogP contribution in [-0.4, -0.2) is 17.9 Å². The molecule has 30 heavy (non-hydrogen) atoms. The van der Waals surface area contributed by atoms with Crippen LogP contribution in [0.3, 0.4) is 0 Å². The van der Waals surface area contributed by atoms with Gasteiger partial charge < -0.3 is 11.1 Å². The summed E-state index contributed by atoms with van der Waals surface area (Å²) in [7, 11) is 0. The maximum absolute atomic E-state index is 13.0. The number of nitrogens with two attached hydrogens (primary N) is 1. The van der Waals surface area contributed by atoms with Gasteiger partial charge in [0.05, 0.1) is 0 Å². The van der Waals surface area contributed by atoms with Gasteiger partial charge in [-0.3, -0.25) is 9.59 Å². The van der Waals surface area contributed by atoms with E-state index in [2.05, 4.69) is 41.7 Å². The molecule has 0 bridgehead atoms. The van der Waals surface area contributed by atoms with Crippen molar-refractivity contribution >= 4 is 11.8 Å². The van der Waals surface area contributed by atoms with Crippen LogP contribution in [0.15, 0.2) is 78.9 Å². The summed E-state index contributed by atoms with van der Waals surface area (Å²) in [6.07, 6.45) is 2.60. The van der Waals surface area contributed by atoms with Gasteiger partial charge in [-0.1, -0.05) is 78.9 Å². The number of hydrogen-bond donors (Lipinski definition) is 2. The fourth-order valence-electron chi connectivity index (χ4n) is 4.37. The van der Waals surface area contributed by atoms with E-state index in [1.807, 2.05) is 42.5 Å². The number of rotatable bonds is 6. The number of nitrogens with one attached hydrogen (secondary N) is 1. The lowest BCUT2D eigenvalue weighted by atomic mass is 9.85. The van der Waals surface area contributed by atoms with Gasteiger partial charge in [0.1, 0.15) is 6.04 Å². The van der Waals surface area contributed by atoms with E-state index in [1.54, 1.807) is 0 Å². The minimum absolute atomic E-state index is 0.0369. The zero-order chi connectivity index (χ0) is 20.9. The van der Waals surface area contributed by atoms with Crippen LogP contribution < -0.4 is 11.1 Å². The van der Waals surface area contributed by atoms with Crippen LogP contribution >= 0.6 is 0 Å². The number of fused-ring (bicyclic) bond motifs is 2. The van der Waals surface area contributed by atoms with Gasteiger partial charge in [0.2, 0.25) is 11.8 Å². The van der Waals surface area contributed by atoms with Gasteiger partial charge in [-0.15, -0.1) is 0 Å². The fourth-order valence-corrected chi connectivity index (χ4v) is 4.37. The van der Waals surface area contributed by atoms with E-state index in [1.165, 1.54) is 22.3 Å². The molecular formula is C26H26N2O2. The Bertz CT molecular complexity index is 998. The molecule has 1 aliphatic rings. The van der Waals surface area contributed by atoms with Crippen LogP contribution in [0.2, 0.25) is 0 Å². The summed E-state index contributed by atoms with van der Waals surface area (Å²) in [5, 5.41) is 2.88. The van der Waals surface area contributed by atoms with Crippen LogP contribution in [0.25, 0.3) is 0 Å². The standard InChI is InChI=1S/C26H26N2O2/c27-26(30)24(16-18-8-2-1-3-9-18)28-25(29)17-23-21-12-6-4-10-19(21)14-15-20-11-5-7-13-22(20)23/h1-13,23-24H,14-17H2,(H2,27,30)(H,28,29). The zero-order valence-electron chi connectivity index (χ0n) is 16.9. The normalized spacial score (nSPS) is 14.1. The van der Waals surface area contributed by atoms with Crippen molar-refractivity contribution in [1.29, 1.82) is 0 Å². The molecule has 4 nitrogen and oxygen atoms in total. The van der Waals surface area contributed by atoms with Crippen LogP contribution in [0.5, 0.6) is 0 Å². The third kappa shape index (κ3) is 4.43. The minimum Gasteiger partial charge on any atom is -0.368 e. The lowest BCUT2D eigenvalue weighted by Crippen LogP contribution is -2.46. The average Bonchev–Trinajstić information content (AvgIpc) is 2.91. The quantitative estimate of drug-likeness (QED) is 0.667. The van der Waals surface area contributed by atoms with Gasteiger partial charge in [-0.2, -0.15) is 0 Å². The molecule has 0 aliphatic heterocycles. The van der Waals surface area contributed by atoms with Crippen molar-refractivity contribution in [3.8, 4) is 0 Å². The third-order valence-electron chi connectivity index (χ3n) is 5.88. The molecule has 2 amide bonds. The number of aryl methyl sites for hydroxylation is 2. The van der Waals surface area contributed by atoms with Crippen molar-refractivity contribution in [1.82, 2.24) is 5.32 Å². The topological polar surface area (TPSA) is 72.2 Å². The summed E-state index contributed by atoms with van der Waals surface area (Å²) in [5.74, 6) is -0.717. The molecule has 4 rings (SSSR count). The molecule has 0 fully saturated rings. The second-order valence-electron chi connectivity index (χ2n) is 7.87. The molecule has 4 heteroatoms. The largest absolute Gasteiger partial charge is 0.368 e.